The molecule has 2 unspecified atom stereocenters. The Kier molecular flexibility index (Phi) is 5.41. The second kappa shape index (κ2) is 7.06. The third-order valence-corrected chi connectivity index (χ3v) is 4.51. The zero-order valence-corrected chi connectivity index (χ0v) is 12.3. The van der Waals surface area contributed by atoms with Gasteiger partial charge in [-0.15, -0.1) is 0 Å². The van der Waals surface area contributed by atoms with E-state index in [-0.39, 0.29) is 12.6 Å². The van der Waals surface area contributed by atoms with Gasteiger partial charge >= 0.3 is 0 Å². The van der Waals surface area contributed by atoms with Crippen LogP contribution in [0.3, 0.4) is 0 Å². The Morgan fingerprint density at radius 3 is 2.16 bits per heavy atom. The fraction of sp³-hybridized carbons (Fsp3) is 0.647. The van der Waals surface area contributed by atoms with Gasteiger partial charge in [-0.2, -0.15) is 0 Å². The van der Waals surface area contributed by atoms with E-state index < -0.39 is 0 Å². The highest BCUT2D eigenvalue weighted by atomic mass is 16.3. The number of nitrogens with zero attached hydrogens (tertiary/aromatic N) is 1. The summed E-state index contributed by atoms with van der Waals surface area (Å²) in [6.45, 7) is 6.96. The molecule has 0 aliphatic carbocycles. The molecule has 1 aliphatic heterocycles. The molecule has 0 saturated carbocycles. The van der Waals surface area contributed by atoms with E-state index in [2.05, 4.69) is 43.0 Å². The van der Waals surface area contributed by atoms with E-state index in [0.717, 1.165) is 13.1 Å². The summed E-state index contributed by atoms with van der Waals surface area (Å²) in [7, 11) is 0. The van der Waals surface area contributed by atoms with Crippen molar-refractivity contribution in [2.45, 2.75) is 51.5 Å². The first-order chi connectivity index (χ1) is 9.26. The zero-order chi connectivity index (χ0) is 13.7. The predicted molar refractivity (Wildman–Crippen MR) is 80.4 cm³/mol. The van der Waals surface area contributed by atoms with Crippen LogP contribution in [0, 0.1) is 0 Å². The van der Waals surface area contributed by atoms with Crippen LogP contribution in [0.1, 0.15) is 62.6 Å². The molecule has 2 heteroatoms. The molecular formula is C17H27NO. The van der Waals surface area contributed by atoms with Gasteiger partial charge < -0.3 is 5.11 Å². The molecule has 0 amide bonds. The van der Waals surface area contributed by atoms with Crippen molar-refractivity contribution in [1.29, 1.82) is 0 Å². The molecule has 1 aromatic carbocycles. The average molecular weight is 261 g/mol. The van der Waals surface area contributed by atoms with Crippen LogP contribution in [0.5, 0.6) is 0 Å². The lowest BCUT2D eigenvalue weighted by atomic mass is 9.95. The highest BCUT2D eigenvalue weighted by Crippen LogP contribution is 2.26. The molecule has 2 atom stereocenters. The largest absolute Gasteiger partial charge is 0.394 e. The summed E-state index contributed by atoms with van der Waals surface area (Å²) in [5.74, 6) is 0.622. The second-order valence-electron chi connectivity index (χ2n) is 5.77. The van der Waals surface area contributed by atoms with Crippen molar-refractivity contribution in [2.75, 3.05) is 19.7 Å². The summed E-state index contributed by atoms with van der Waals surface area (Å²) in [5.41, 5.74) is 2.66. The molecule has 0 radical (unpaired) electrons. The van der Waals surface area contributed by atoms with Gasteiger partial charge in [0, 0.05) is 0 Å². The first-order valence-electron chi connectivity index (χ1n) is 7.71. The van der Waals surface area contributed by atoms with Gasteiger partial charge in [0.05, 0.1) is 12.6 Å². The highest BCUT2D eigenvalue weighted by molar-refractivity contribution is 5.27. The number of hydrogen-bond acceptors (Lipinski definition) is 2. The van der Waals surface area contributed by atoms with Crippen LogP contribution in [-0.2, 0) is 0 Å². The summed E-state index contributed by atoms with van der Waals surface area (Å²) in [4.78, 5) is 2.43. The molecule has 1 saturated heterocycles. The van der Waals surface area contributed by atoms with E-state index in [1.54, 1.807) is 0 Å². The minimum atomic E-state index is 0.186. The van der Waals surface area contributed by atoms with Gasteiger partial charge in [-0.1, -0.05) is 44.5 Å². The summed E-state index contributed by atoms with van der Waals surface area (Å²) >= 11 is 0. The maximum absolute atomic E-state index is 9.71. The summed E-state index contributed by atoms with van der Waals surface area (Å²) in [5, 5.41) is 9.71. The third-order valence-electron chi connectivity index (χ3n) is 4.51. The van der Waals surface area contributed by atoms with Gasteiger partial charge in [-0.05, 0) is 49.4 Å². The average Bonchev–Trinajstić information content (AvgIpc) is 2.49. The van der Waals surface area contributed by atoms with Crippen molar-refractivity contribution in [3.63, 3.8) is 0 Å². The second-order valence-corrected chi connectivity index (χ2v) is 5.77. The Bertz CT molecular complexity index is 367. The molecule has 2 rings (SSSR count). The van der Waals surface area contributed by atoms with E-state index in [0.29, 0.717) is 5.92 Å². The van der Waals surface area contributed by atoms with E-state index in [1.165, 1.54) is 36.8 Å². The number of likely N-dealkylation sites (tertiary alicyclic amines) is 1. The smallest absolute Gasteiger partial charge is 0.0628 e. The first kappa shape index (κ1) is 14.5. The molecule has 1 aromatic rings. The van der Waals surface area contributed by atoms with Crippen LogP contribution in [0.15, 0.2) is 24.3 Å². The number of piperidine rings is 1. The molecule has 19 heavy (non-hydrogen) atoms. The van der Waals surface area contributed by atoms with E-state index in [4.69, 9.17) is 0 Å². The Labute approximate surface area is 117 Å². The van der Waals surface area contributed by atoms with Crippen LogP contribution >= 0.6 is 0 Å². The summed E-state index contributed by atoms with van der Waals surface area (Å²) < 4.78 is 0. The van der Waals surface area contributed by atoms with Crippen LogP contribution in [0.4, 0.5) is 0 Å². The predicted octanol–water partition coefficient (Wildman–Crippen LogP) is 3.72. The summed E-state index contributed by atoms with van der Waals surface area (Å²) in [6.07, 6.45) is 5.04. The van der Waals surface area contributed by atoms with Crippen molar-refractivity contribution >= 4 is 0 Å². The zero-order valence-electron chi connectivity index (χ0n) is 12.3. The lowest BCUT2D eigenvalue weighted by Gasteiger charge is -2.33. The molecule has 2 nitrogen and oxygen atoms in total. The molecular weight excluding hydrogens is 234 g/mol. The molecule has 0 spiro atoms. The van der Waals surface area contributed by atoms with Gasteiger partial charge in [-0.3, -0.25) is 4.90 Å². The maximum Gasteiger partial charge on any atom is 0.0628 e. The normalized spacial score (nSPS) is 20.2. The van der Waals surface area contributed by atoms with Gasteiger partial charge in [0.1, 0.15) is 0 Å². The molecule has 106 valence electrons. The molecule has 1 fully saturated rings. The van der Waals surface area contributed by atoms with Crippen molar-refractivity contribution in [2.24, 2.45) is 0 Å². The molecule has 1 N–H and O–H groups in total. The van der Waals surface area contributed by atoms with Crippen LogP contribution < -0.4 is 0 Å². The minimum absolute atomic E-state index is 0.186. The highest BCUT2D eigenvalue weighted by Gasteiger charge is 2.21. The molecule has 1 heterocycles. The molecule has 0 bridgehead atoms. The van der Waals surface area contributed by atoms with Gasteiger partial charge in [-0.25, -0.2) is 0 Å². The number of aliphatic hydroxyl groups is 1. The quantitative estimate of drug-likeness (QED) is 0.873. The third kappa shape index (κ3) is 3.58. The topological polar surface area (TPSA) is 23.5 Å². The SMILES string of the molecule is CCC(C)c1ccc(C(CO)N2CCCCC2)cc1. The first-order valence-corrected chi connectivity index (χ1v) is 7.71. The maximum atomic E-state index is 9.71. The Hall–Kier alpha value is -0.860. The van der Waals surface area contributed by atoms with Crippen LogP contribution in [-0.4, -0.2) is 29.7 Å². The number of benzene rings is 1. The van der Waals surface area contributed by atoms with Crippen LogP contribution in [0.2, 0.25) is 0 Å². The number of rotatable bonds is 5. The monoisotopic (exact) mass is 261 g/mol. The van der Waals surface area contributed by atoms with E-state index in [1.807, 2.05) is 0 Å². The molecule has 0 aromatic heterocycles. The number of hydrogen-bond donors (Lipinski definition) is 1. The lowest BCUT2D eigenvalue weighted by molar-refractivity contribution is 0.104. The number of aliphatic hydroxyl groups excluding tert-OH is 1. The minimum Gasteiger partial charge on any atom is -0.394 e. The van der Waals surface area contributed by atoms with Crippen molar-refractivity contribution in [3.8, 4) is 0 Å². The van der Waals surface area contributed by atoms with Gasteiger partial charge in [0.2, 0.25) is 0 Å². The van der Waals surface area contributed by atoms with E-state index >= 15 is 0 Å². The summed E-state index contributed by atoms with van der Waals surface area (Å²) in [6, 6.07) is 9.06. The van der Waals surface area contributed by atoms with E-state index in [9.17, 15) is 5.11 Å². The van der Waals surface area contributed by atoms with Gasteiger partial charge in [0.25, 0.3) is 0 Å². The standard InChI is InChI=1S/C17H27NO/c1-3-14(2)15-7-9-16(10-8-15)17(13-19)18-11-5-4-6-12-18/h7-10,14,17,19H,3-6,11-13H2,1-2H3. The van der Waals surface area contributed by atoms with Crippen LogP contribution in [0.25, 0.3) is 0 Å². The van der Waals surface area contributed by atoms with Crippen molar-refractivity contribution in [1.82, 2.24) is 4.90 Å². The fourth-order valence-electron chi connectivity index (χ4n) is 2.94. The van der Waals surface area contributed by atoms with Crippen molar-refractivity contribution in [3.05, 3.63) is 35.4 Å². The Balaban J connectivity index is 2.09. The Morgan fingerprint density at radius 2 is 1.63 bits per heavy atom. The fourth-order valence-corrected chi connectivity index (χ4v) is 2.94. The Morgan fingerprint density at radius 1 is 1.05 bits per heavy atom. The van der Waals surface area contributed by atoms with Gasteiger partial charge in [0.15, 0.2) is 0 Å². The lowest BCUT2D eigenvalue weighted by Crippen LogP contribution is -2.35. The van der Waals surface area contributed by atoms with Crippen molar-refractivity contribution < 1.29 is 5.11 Å². The molecule has 1 aliphatic rings.